The molecule has 150 valence electrons. The van der Waals surface area contributed by atoms with Gasteiger partial charge >= 0.3 is 6.36 Å². The fraction of sp³-hybridized carbons (Fsp3) is 0.100. The van der Waals surface area contributed by atoms with Crippen LogP contribution in [-0.4, -0.2) is 18.2 Å². The molecule has 6 nitrogen and oxygen atoms in total. The first-order chi connectivity index (χ1) is 13.8. The number of alkyl halides is 3. The molecule has 2 aromatic carbocycles. The Morgan fingerprint density at radius 1 is 1.03 bits per heavy atom. The molecule has 1 heterocycles. The van der Waals surface area contributed by atoms with Crippen LogP contribution in [0.5, 0.6) is 5.75 Å². The van der Waals surface area contributed by atoms with Gasteiger partial charge < -0.3 is 19.8 Å². The molecular weight excluding hydrogens is 389 g/mol. The molecule has 1 aromatic heterocycles. The topological polar surface area (TPSA) is 80.6 Å². The molecule has 0 spiro atoms. The van der Waals surface area contributed by atoms with E-state index in [1.54, 1.807) is 37.3 Å². The molecule has 0 aliphatic carbocycles. The molecule has 3 rings (SSSR count). The third-order valence-electron chi connectivity index (χ3n) is 3.71. The van der Waals surface area contributed by atoms with Crippen molar-refractivity contribution in [3.63, 3.8) is 0 Å². The smallest absolute Gasteiger partial charge is 0.449 e. The van der Waals surface area contributed by atoms with Gasteiger partial charge in [0.05, 0.1) is 0 Å². The van der Waals surface area contributed by atoms with Gasteiger partial charge in [0.1, 0.15) is 17.0 Å². The number of allylic oxidation sites excluding steroid dienone is 1. The van der Waals surface area contributed by atoms with Gasteiger partial charge in [0, 0.05) is 11.1 Å². The highest BCUT2D eigenvalue weighted by molar-refractivity contribution is 6.15. The summed E-state index contributed by atoms with van der Waals surface area (Å²) < 4.78 is 46.1. The van der Waals surface area contributed by atoms with E-state index >= 15 is 0 Å². The zero-order valence-electron chi connectivity index (χ0n) is 15.0. The molecular formula is C20H15F3N2O4. The van der Waals surface area contributed by atoms with E-state index in [4.69, 9.17) is 4.42 Å². The van der Waals surface area contributed by atoms with Crippen molar-refractivity contribution in [2.24, 2.45) is 0 Å². The normalized spacial score (nSPS) is 11.6. The highest BCUT2D eigenvalue weighted by Gasteiger charge is 2.31. The first kappa shape index (κ1) is 20.0. The fourth-order valence-corrected chi connectivity index (χ4v) is 2.57. The maximum absolute atomic E-state index is 12.7. The summed E-state index contributed by atoms with van der Waals surface area (Å²) in [7, 11) is 0. The summed E-state index contributed by atoms with van der Waals surface area (Å²) >= 11 is 0. The Morgan fingerprint density at radius 3 is 2.38 bits per heavy atom. The predicted octanol–water partition coefficient (Wildman–Crippen LogP) is 5.10. The number of hydrogen-bond donors (Lipinski definition) is 2. The van der Waals surface area contributed by atoms with E-state index in [1.807, 2.05) is 0 Å². The molecule has 0 unspecified atom stereocenters. The van der Waals surface area contributed by atoms with Gasteiger partial charge in [-0.1, -0.05) is 18.2 Å². The van der Waals surface area contributed by atoms with Gasteiger partial charge in [-0.05, 0) is 49.4 Å². The fourth-order valence-electron chi connectivity index (χ4n) is 2.57. The van der Waals surface area contributed by atoms with Crippen molar-refractivity contribution in [1.82, 2.24) is 0 Å². The monoisotopic (exact) mass is 404 g/mol. The molecule has 0 aliphatic heterocycles. The minimum Gasteiger partial charge on any atom is -0.449 e. The second-order valence-corrected chi connectivity index (χ2v) is 5.82. The standard InChI is InChI=1S/C20H15F3N2O4/c1-2-5-16(26)25-17-14-6-3-4-7-15(14)28-18(17)19(27)24-12-8-10-13(11-9-12)29-20(21,22)23/h2-11H,1H3,(H,24,27)(H,25,26)/b5-2+. The van der Waals surface area contributed by atoms with Gasteiger partial charge in [-0.15, -0.1) is 13.2 Å². The van der Waals surface area contributed by atoms with Crippen molar-refractivity contribution in [1.29, 1.82) is 0 Å². The number of halogens is 3. The average molecular weight is 404 g/mol. The molecule has 2 N–H and O–H groups in total. The third kappa shape index (κ3) is 4.95. The second kappa shape index (κ2) is 8.09. The Kier molecular flexibility index (Phi) is 5.58. The van der Waals surface area contributed by atoms with E-state index in [1.165, 1.54) is 18.2 Å². The van der Waals surface area contributed by atoms with Crippen LogP contribution in [0.3, 0.4) is 0 Å². The summed E-state index contributed by atoms with van der Waals surface area (Å²) in [4.78, 5) is 24.6. The summed E-state index contributed by atoms with van der Waals surface area (Å²) in [5, 5.41) is 5.66. The van der Waals surface area contributed by atoms with Crippen LogP contribution >= 0.6 is 0 Å². The molecule has 0 saturated heterocycles. The van der Waals surface area contributed by atoms with Crippen LogP contribution in [0, 0.1) is 0 Å². The van der Waals surface area contributed by atoms with Crippen LogP contribution in [0.1, 0.15) is 17.5 Å². The van der Waals surface area contributed by atoms with Crippen molar-refractivity contribution in [2.45, 2.75) is 13.3 Å². The summed E-state index contributed by atoms with van der Waals surface area (Å²) in [5.74, 6) is -1.68. The van der Waals surface area contributed by atoms with Crippen molar-refractivity contribution in [3.05, 3.63) is 66.4 Å². The highest BCUT2D eigenvalue weighted by atomic mass is 19.4. The Balaban J connectivity index is 1.86. The molecule has 0 fully saturated rings. The number of fused-ring (bicyclic) bond motifs is 1. The number of furan rings is 1. The number of rotatable bonds is 5. The van der Waals surface area contributed by atoms with Crippen LogP contribution in [0.15, 0.2) is 65.1 Å². The highest BCUT2D eigenvalue weighted by Crippen LogP contribution is 2.32. The van der Waals surface area contributed by atoms with E-state index in [9.17, 15) is 22.8 Å². The summed E-state index contributed by atoms with van der Waals surface area (Å²) in [6, 6.07) is 11.4. The van der Waals surface area contributed by atoms with Crippen molar-refractivity contribution in [3.8, 4) is 5.75 Å². The Labute approximate surface area is 162 Å². The predicted molar refractivity (Wildman–Crippen MR) is 101 cm³/mol. The van der Waals surface area contributed by atoms with E-state index in [-0.39, 0.29) is 17.1 Å². The third-order valence-corrected chi connectivity index (χ3v) is 3.71. The number of nitrogens with one attached hydrogen (secondary N) is 2. The van der Waals surface area contributed by atoms with E-state index in [0.29, 0.717) is 11.0 Å². The molecule has 9 heteroatoms. The largest absolute Gasteiger partial charge is 0.573 e. The van der Waals surface area contributed by atoms with Crippen molar-refractivity contribution < 1.29 is 31.9 Å². The molecule has 3 aromatic rings. The maximum Gasteiger partial charge on any atom is 0.573 e. The first-order valence-corrected chi connectivity index (χ1v) is 8.39. The molecule has 29 heavy (non-hydrogen) atoms. The van der Waals surface area contributed by atoms with Crippen LogP contribution in [0.4, 0.5) is 24.5 Å². The zero-order chi connectivity index (χ0) is 21.0. The number of ether oxygens (including phenoxy) is 1. The van der Waals surface area contributed by atoms with Crippen molar-refractivity contribution >= 4 is 34.2 Å². The number of benzene rings is 2. The molecule has 0 atom stereocenters. The van der Waals surface area contributed by atoms with Gasteiger partial charge in [0.15, 0.2) is 0 Å². The number of hydrogen-bond acceptors (Lipinski definition) is 4. The lowest BCUT2D eigenvalue weighted by atomic mass is 10.2. The Morgan fingerprint density at radius 2 is 1.72 bits per heavy atom. The van der Waals surface area contributed by atoms with Gasteiger partial charge in [-0.2, -0.15) is 0 Å². The average Bonchev–Trinajstić information content (AvgIpc) is 3.01. The maximum atomic E-state index is 12.7. The van der Waals surface area contributed by atoms with Gasteiger partial charge in [0.2, 0.25) is 11.7 Å². The molecule has 0 saturated carbocycles. The number of amides is 2. The lowest BCUT2D eigenvalue weighted by Crippen LogP contribution is -2.17. The Bertz CT molecular complexity index is 1070. The molecule has 2 amide bonds. The molecule has 0 radical (unpaired) electrons. The van der Waals surface area contributed by atoms with Crippen LogP contribution in [-0.2, 0) is 4.79 Å². The summed E-state index contributed by atoms with van der Waals surface area (Å²) in [6.07, 6.45) is -1.97. The Hall–Kier alpha value is -3.75. The lowest BCUT2D eigenvalue weighted by Gasteiger charge is -2.10. The minimum atomic E-state index is -4.81. The first-order valence-electron chi connectivity index (χ1n) is 8.39. The molecule has 0 bridgehead atoms. The van der Waals surface area contributed by atoms with Gasteiger partial charge in [-0.3, -0.25) is 9.59 Å². The number of carbonyl (C=O) groups excluding carboxylic acids is 2. The summed E-state index contributed by atoms with van der Waals surface area (Å²) in [6.45, 7) is 1.67. The van der Waals surface area contributed by atoms with Crippen LogP contribution < -0.4 is 15.4 Å². The second-order valence-electron chi connectivity index (χ2n) is 5.82. The van der Waals surface area contributed by atoms with Gasteiger partial charge in [0.25, 0.3) is 5.91 Å². The van der Waals surface area contributed by atoms with E-state index in [0.717, 1.165) is 12.1 Å². The van der Waals surface area contributed by atoms with Crippen LogP contribution in [0.2, 0.25) is 0 Å². The number of para-hydroxylation sites is 1. The minimum absolute atomic E-state index is 0.139. The van der Waals surface area contributed by atoms with E-state index < -0.39 is 23.9 Å². The summed E-state index contributed by atoms with van der Waals surface area (Å²) in [5.41, 5.74) is 0.802. The SMILES string of the molecule is C/C=C/C(=O)Nc1c(C(=O)Nc2ccc(OC(F)(F)F)cc2)oc2ccccc12. The number of carbonyl (C=O) groups is 2. The lowest BCUT2D eigenvalue weighted by molar-refractivity contribution is -0.274. The van der Waals surface area contributed by atoms with Crippen molar-refractivity contribution in [2.75, 3.05) is 10.6 Å². The van der Waals surface area contributed by atoms with E-state index in [2.05, 4.69) is 15.4 Å². The van der Waals surface area contributed by atoms with Gasteiger partial charge in [-0.25, -0.2) is 0 Å². The quantitative estimate of drug-likeness (QED) is 0.580. The van der Waals surface area contributed by atoms with Crippen LogP contribution in [0.25, 0.3) is 11.0 Å². The zero-order valence-corrected chi connectivity index (χ0v) is 15.0. The molecule has 0 aliphatic rings. The number of anilines is 2.